The third kappa shape index (κ3) is 3.28. The lowest BCUT2D eigenvalue weighted by Crippen LogP contribution is -2.52. The number of carbonyl (C=O) groups is 2. The van der Waals surface area contributed by atoms with E-state index in [1.807, 2.05) is 6.07 Å². The van der Waals surface area contributed by atoms with E-state index in [0.29, 0.717) is 5.88 Å². The number of carbonyl (C=O) groups excluding carboxylic acids is 2. The van der Waals surface area contributed by atoms with Crippen LogP contribution in [0.25, 0.3) is 6.08 Å². The van der Waals surface area contributed by atoms with Gasteiger partial charge in [-0.25, -0.2) is 0 Å². The molecular weight excluding hydrogens is 358 g/mol. The average molecular weight is 378 g/mol. The average Bonchev–Trinajstić information content (AvgIpc) is 3.02. The molecule has 0 radical (unpaired) electrons. The second-order valence-corrected chi connectivity index (χ2v) is 6.98. The van der Waals surface area contributed by atoms with Crippen LogP contribution in [0, 0.1) is 0 Å². The Kier molecular flexibility index (Phi) is 5.11. The zero-order chi connectivity index (χ0) is 18.1. The summed E-state index contributed by atoms with van der Waals surface area (Å²) >= 11 is 10.9. The van der Waals surface area contributed by atoms with Crippen LogP contribution in [0.5, 0.6) is 0 Å². The molecule has 1 aromatic rings. The summed E-state index contributed by atoms with van der Waals surface area (Å²) in [6.45, 7) is 1.92. The Hall–Kier alpha value is -1.92. The van der Waals surface area contributed by atoms with Gasteiger partial charge in [-0.2, -0.15) is 0 Å². The zero-order valence-corrected chi connectivity index (χ0v) is 15.9. The molecule has 132 valence electrons. The van der Waals surface area contributed by atoms with Gasteiger partial charge in [0.25, 0.3) is 11.8 Å². The molecule has 0 aromatic heterocycles. The van der Waals surface area contributed by atoms with Gasteiger partial charge in [-0.3, -0.25) is 19.4 Å². The second kappa shape index (κ2) is 7.14. The molecule has 2 aliphatic rings. The predicted octanol–water partition coefficient (Wildman–Crippen LogP) is 2.28. The van der Waals surface area contributed by atoms with Crippen LogP contribution in [0.4, 0.5) is 5.69 Å². The van der Waals surface area contributed by atoms with Crippen molar-refractivity contribution >= 4 is 52.5 Å². The second-order valence-electron chi connectivity index (χ2n) is 6.24. The maximum Gasteiger partial charge on any atom is 0.265 e. The van der Waals surface area contributed by atoms with E-state index in [2.05, 4.69) is 17.0 Å². The van der Waals surface area contributed by atoms with Gasteiger partial charge in [0.2, 0.25) is 0 Å². The van der Waals surface area contributed by atoms with Gasteiger partial charge < -0.3 is 4.90 Å². The molecule has 25 heavy (non-hydrogen) atoms. The Bertz CT molecular complexity index is 752. The summed E-state index contributed by atoms with van der Waals surface area (Å²) in [6.07, 6.45) is 3.57. The van der Waals surface area contributed by atoms with Crippen LogP contribution in [0.1, 0.15) is 17.5 Å². The van der Waals surface area contributed by atoms with Crippen molar-refractivity contribution in [1.29, 1.82) is 0 Å². The van der Waals surface area contributed by atoms with Crippen LogP contribution in [-0.2, 0) is 16.0 Å². The summed E-state index contributed by atoms with van der Waals surface area (Å²) < 4.78 is 0. The smallest absolute Gasteiger partial charge is 0.265 e. The minimum atomic E-state index is -0.364. The molecule has 1 saturated heterocycles. The normalized spacial score (nSPS) is 17.5. The van der Waals surface area contributed by atoms with Gasteiger partial charge in [0.05, 0.1) is 0 Å². The summed E-state index contributed by atoms with van der Waals surface area (Å²) in [6, 6.07) is 6.05. The number of hydrogen-bond donors (Lipinski definition) is 0. The number of likely N-dealkylation sites (N-methyl/N-ethyl adjacent to an activating group) is 2. The number of benzene rings is 1. The Labute approximate surface area is 157 Å². The molecule has 0 N–H and O–H groups in total. The minimum Gasteiger partial charge on any atom is -0.371 e. The fourth-order valence-electron chi connectivity index (χ4n) is 3.20. The SMILES string of the molecule is CN1C(=O)C(=Cc2ccc3c(c2)CCN3CCCCl)C(=O)N(C)C1=S. The van der Waals surface area contributed by atoms with Crippen LogP contribution in [0.3, 0.4) is 0 Å². The van der Waals surface area contributed by atoms with Gasteiger partial charge in [-0.05, 0) is 54.4 Å². The molecule has 0 atom stereocenters. The number of fused-ring (bicyclic) bond motifs is 1. The fourth-order valence-corrected chi connectivity index (χ4v) is 3.49. The first kappa shape index (κ1) is 17.9. The molecule has 3 rings (SSSR count). The first-order valence-corrected chi connectivity index (χ1v) is 9.14. The molecule has 7 heteroatoms. The third-order valence-corrected chi connectivity index (χ3v) is 5.43. The minimum absolute atomic E-state index is 0.135. The van der Waals surface area contributed by atoms with Crippen molar-refractivity contribution in [2.45, 2.75) is 12.8 Å². The maximum absolute atomic E-state index is 12.4. The van der Waals surface area contributed by atoms with Crippen molar-refractivity contribution < 1.29 is 9.59 Å². The highest BCUT2D eigenvalue weighted by atomic mass is 35.5. The number of nitrogens with zero attached hydrogens (tertiary/aromatic N) is 3. The van der Waals surface area contributed by atoms with Crippen LogP contribution >= 0.6 is 23.8 Å². The molecule has 0 aliphatic carbocycles. The van der Waals surface area contributed by atoms with E-state index >= 15 is 0 Å². The number of alkyl halides is 1. The van der Waals surface area contributed by atoms with Gasteiger partial charge in [0.15, 0.2) is 5.11 Å². The zero-order valence-electron chi connectivity index (χ0n) is 14.3. The highest BCUT2D eigenvalue weighted by molar-refractivity contribution is 7.80. The number of anilines is 1. The molecule has 2 aliphatic heterocycles. The number of amides is 2. The summed E-state index contributed by atoms with van der Waals surface area (Å²) in [5.74, 6) is -0.0713. The summed E-state index contributed by atoms with van der Waals surface area (Å²) in [7, 11) is 3.16. The molecule has 0 unspecified atom stereocenters. The van der Waals surface area contributed by atoms with Crippen molar-refractivity contribution in [1.82, 2.24) is 9.80 Å². The van der Waals surface area contributed by atoms with Gasteiger partial charge in [-0.15, -0.1) is 11.6 Å². The lowest BCUT2D eigenvalue weighted by molar-refractivity contribution is -0.132. The van der Waals surface area contributed by atoms with E-state index in [0.717, 1.165) is 31.5 Å². The van der Waals surface area contributed by atoms with Crippen molar-refractivity contribution in [3.8, 4) is 0 Å². The Morgan fingerprint density at radius 3 is 2.52 bits per heavy atom. The van der Waals surface area contributed by atoms with Crippen LogP contribution in [-0.4, -0.2) is 59.8 Å². The quantitative estimate of drug-likeness (QED) is 0.349. The van der Waals surface area contributed by atoms with E-state index in [1.165, 1.54) is 21.1 Å². The standard InChI is InChI=1S/C18H20ClN3O2S/c1-20-16(23)14(17(24)21(2)18(20)25)11-12-4-5-15-13(10-12)6-9-22(15)8-3-7-19/h4-5,10-11H,3,6-9H2,1-2H3. The van der Waals surface area contributed by atoms with Gasteiger partial charge in [0.1, 0.15) is 5.57 Å². The fraction of sp³-hybridized carbons (Fsp3) is 0.389. The number of hydrogen-bond acceptors (Lipinski definition) is 4. The molecule has 2 amide bonds. The number of rotatable bonds is 4. The lowest BCUT2D eigenvalue weighted by atomic mass is 10.0. The Morgan fingerprint density at radius 2 is 1.88 bits per heavy atom. The van der Waals surface area contributed by atoms with E-state index in [9.17, 15) is 9.59 Å². The van der Waals surface area contributed by atoms with E-state index in [4.69, 9.17) is 23.8 Å². The third-order valence-electron chi connectivity index (χ3n) is 4.61. The molecule has 0 spiro atoms. The van der Waals surface area contributed by atoms with Crippen LogP contribution in [0.2, 0.25) is 0 Å². The summed E-state index contributed by atoms with van der Waals surface area (Å²) in [5, 5.41) is 0.219. The summed E-state index contributed by atoms with van der Waals surface area (Å²) in [5.41, 5.74) is 3.43. The van der Waals surface area contributed by atoms with E-state index < -0.39 is 0 Å². The summed E-state index contributed by atoms with van der Waals surface area (Å²) in [4.78, 5) is 29.8. The molecule has 5 nitrogen and oxygen atoms in total. The molecule has 2 heterocycles. The largest absolute Gasteiger partial charge is 0.371 e. The molecule has 1 aromatic carbocycles. The number of halogens is 1. The van der Waals surface area contributed by atoms with Crippen molar-refractivity contribution in [2.75, 3.05) is 38.0 Å². The first-order chi connectivity index (χ1) is 11.9. The van der Waals surface area contributed by atoms with Crippen LogP contribution in [0.15, 0.2) is 23.8 Å². The lowest BCUT2D eigenvalue weighted by Gasteiger charge is -2.31. The maximum atomic E-state index is 12.4. The highest BCUT2D eigenvalue weighted by Crippen LogP contribution is 2.30. The topological polar surface area (TPSA) is 43.9 Å². The van der Waals surface area contributed by atoms with Crippen molar-refractivity contribution in [2.24, 2.45) is 0 Å². The molecule has 1 fully saturated rings. The Morgan fingerprint density at radius 1 is 1.20 bits per heavy atom. The molecule has 0 bridgehead atoms. The Balaban J connectivity index is 1.88. The van der Waals surface area contributed by atoms with Crippen LogP contribution < -0.4 is 4.90 Å². The van der Waals surface area contributed by atoms with Gasteiger partial charge in [-0.1, -0.05) is 6.07 Å². The monoisotopic (exact) mass is 377 g/mol. The predicted molar refractivity (Wildman–Crippen MR) is 104 cm³/mol. The van der Waals surface area contributed by atoms with Gasteiger partial charge in [0, 0.05) is 38.8 Å². The number of thiocarbonyl (C=S) groups is 1. The first-order valence-electron chi connectivity index (χ1n) is 8.19. The molecule has 0 saturated carbocycles. The highest BCUT2D eigenvalue weighted by Gasteiger charge is 2.35. The van der Waals surface area contributed by atoms with Gasteiger partial charge >= 0.3 is 0 Å². The van der Waals surface area contributed by atoms with Crippen molar-refractivity contribution in [3.63, 3.8) is 0 Å². The molecular formula is C18H20ClN3O2S. The van der Waals surface area contributed by atoms with Crippen molar-refractivity contribution in [3.05, 3.63) is 34.9 Å². The van der Waals surface area contributed by atoms with E-state index in [-0.39, 0.29) is 22.5 Å². The van der Waals surface area contributed by atoms with E-state index in [1.54, 1.807) is 20.2 Å².